The quantitative estimate of drug-likeness (QED) is 0.419. The number of aryl methyl sites for hydroxylation is 1. The van der Waals surface area contributed by atoms with E-state index in [1.807, 2.05) is 84.9 Å². The van der Waals surface area contributed by atoms with Crippen LogP contribution >= 0.6 is 0 Å². The number of nitrogens with zero attached hydrogens (tertiary/aromatic N) is 4. The Morgan fingerprint density at radius 1 is 0.812 bits per heavy atom. The zero-order chi connectivity index (χ0) is 21.8. The fourth-order valence-electron chi connectivity index (χ4n) is 3.60. The number of carbonyl (C=O) groups is 1. The standard InChI is InChI=1S/C26H21N5O/c32-25(12-11-19-7-3-1-4-8-19)28-23-17-22(20-13-15-27-16-14-20)18-24-29-26(30-31(23)24)21-9-5-2-6-10-21/h1-10,13-18H,11-12H2,(H,28,32). The molecular formula is C26H21N5O. The van der Waals surface area contributed by atoms with E-state index in [0.29, 0.717) is 30.1 Å². The summed E-state index contributed by atoms with van der Waals surface area (Å²) in [5.74, 6) is 1.12. The lowest BCUT2D eigenvalue weighted by Crippen LogP contribution is -2.15. The molecule has 156 valence electrons. The van der Waals surface area contributed by atoms with Crippen LogP contribution < -0.4 is 5.32 Å². The first-order valence-corrected chi connectivity index (χ1v) is 10.5. The van der Waals surface area contributed by atoms with Gasteiger partial charge in [-0.25, -0.2) is 4.98 Å². The van der Waals surface area contributed by atoms with Crippen molar-refractivity contribution in [2.75, 3.05) is 5.32 Å². The highest BCUT2D eigenvalue weighted by atomic mass is 16.1. The van der Waals surface area contributed by atoms with E-state index in [0.717, 1.165) is 22.3 Å². The summed E-state index contributed by atoms with van der Waals surface area (Å²) in [6.07, 6.45) is 4.55. The third-order valence-electron chi connectivity index (χ3n) is 5.23. The Morgan fingerprint density at radius 2 is 1.53 bits per heavy atom. The Morgan fingerprint density at radius 3 is 2.28 bits per heavy atom. The van der Waals surface area contributed by atoms with Gasteiger partial charge in [-0.05, 0) is 47.4 Å². The predicted molar refractivity (Wildman–Crippen MR) is 125 cm³/mol. The van der Waals surface area contributed by atoms with Crippen LogP contribution in [0.3, 0.4) is 0 Å². The molecule has 0 fully saturated rings. The molecule has 0 saturated heterocycles. The Labute approximate surface area is 185 Å². The van der Waals surface area contributed by atoms with E-state index < -0.39 is 0 Å². The van der Waals surface area contributed by atoms with Crippen LogP contribution in [-0.4, -0.2) is 25.5 Å². The van der Waals surface area contributed by atoms with E-state index >= 15 is 0 Å². The second-order valence-corrected chi connectivity index (χ2v) is 7.47. The number of anilines is 1. The van der Waals surface area contributed by atoms with Crippen molar-refractivity contribution in [3.63, 3.8) is 0 Å². The Kier molecular flexibility index (Phi) is 5.41. The van der Waals surface area contributed by atoms with Gasteiger partial charge in [-0.2, -0.15) is 4.52 Å². The topological polar surface area (TPSA) is 72.2 Å². The summed E-state index contributed by atoms with van der Waals surface area (Å²) in [5.41, 5.74) is 4.64. The summed E-state index contributed by atoms with van der Waals surface area (Å²) in [6, 6.07) is 27.5. The maximum absolute atomic E-state index is 12.8. The lowest BCUT2D eigenvalue weighted by molar-refractivity contribution is -0.116. The Balaban J connectivity index is 1.50. The highest BCUT2D eigenvalue weighted by molar-refractivity contribution is 5.91. The molecule has 0 aliphatic heterocycles. The van der Waals surface area contributed by atoms with Crippen LogP contribution in [0.25, 0.3) is 28.2 Å². The molecule has 0 radical (unpaired) electrons. The summed E-state index contributed by atoms with van der Waals surface area (Å²) < 4.78 is 1.69. The first-order valence-electron chi connectivity index (χ1n) is 10.5. The summed E-state index contributed by atoms with van der Waals surface area (Å²) >= 11 is 0. The molecule has 32 heavy (non-hydrogen) atoms. The van der Waals surface area contributed by atoms with Crippen molar-refractivity contribution in [1.82, 2.24) is 19.6 Å². The monoisotopic (exact) mass is 419 g/mol. The fourth-order valence-corrected chi connectivity index (χ4v) is 3.60. The number of amides is 1. The average molecular weight is 419 g/mol. The van der Waals surface area contributed by atoms with Crippen molar-refractivity contribution in [2.45, 2.75) is 12.8 Å². The number of hydrogen-bond donors (Lipinski definition) is 1. The molecule has 0 aliphatic carbocycles. The van der Waals surface area contributed by atoms with Crippen LogP contribution in [0.5, 0.6) is 0 Å². The average Bonchev–Trinajstić information content (AvgIpc) is 3.29. The number of pyridine rings is 2. The SMILES string of the molecule is O=C(CCc1ccccc1)Nc1cc(-c2ccncc2)cc2nc(-c3ccccc3)nn12. The highest BCUT2D eigenvalue weighted by Crippen LogP contribution is 2.26. The zero-order valence-electron chi connectivity index (χ0n) is 17.3. The van der Waals surface area contributed by atoms with Crippen molar-refractivity contribution in [3.8, 4) is 22.5 Å². The largest absolute Gasteiger partial charge is 0.311 e. The van der Waals surface area contributed by atoms with E-state index in [9.17, 15) is 4.79 Å². The van der Waals surface area contributed by atoms with Gasteiger partial charge in [0.15, 0.2) is 11.5 Å². The molecule has 1 N–H and O–H groups in total. The molecule has 0 bridgehead atoms. The van der Waals surface area contributed by atoms with E-state index in [1.165, 1.54) is 0 Å². The van der Waals surface area contributed by atoms with E-state index in [2.05, 4.69) is 15.4 Å². The molecule has 5 aromatic rings. The lowest BCUT2D eigenvalue weighted by Gasteiger charge is -2.10. The molecule has 3 aromatic heterocycles. The van der Waals surface area contributed by atoms with Crippen LogP contribution in [0.4, 0.5) is 5.82 Å². The van der Waals surface area contributed by atoms with Gasteiger partial charge in [-0.1, -0.05) is 60.7 Å². The van der Waals surface area contributed by atoms with Gasteiger partial charge in [0, 0.05) is 24.4 Å². The predicted octanol–water partition coefficient (Wildman–Crippen LogP) is 5.03. The van der Waals surface area contributed by atoms with Gasteiger partial charge in [-0.15, -0.1) is 5.10 Å². The number of carbonyl (C=O) groups excluding carboxylic acids is 1. The second kappa shape index (κ2) is 8.81. The van der Waals surface area contributed by atoms with Crippen molar-refractivity contribution >= 4 is 17.4 Å². The van der Waals surface area contributed by atoms with Crippen LogP contribution in [0, 0.1) is 0 Å². The molecule has 6 heteroatoms. The Hall–Kier alpha value is -4.32. The molecule has 6 nitrogen and oxygen atoms in total. The summed E-state index contributed by atoms with van der Waals surface area (Å²) in [4.78, 5) is 21.6. The van der Waals surface area contributed by atoms with Crippen molar-refractivity contribution in [3.05, 3.63) is 103 Å². The molecule has 5 rings (SSSR count). The smallest absolute Gasteiger partial charge is 0.225 e. The summed E-state index contributed by atoms with van der Waals surface area (Å²) in [5, 5.41) is 7.70. The number of nitrogens with one attached hydrogen (secondary N) is 1. The highest BCUT2D eigenvalue weighted by Gasteiger charge is 2.14. The molecule has 0 aliphatic rings. The maximum Gasteiger partial charge on any atom is 0.225 e. The van der Waals surface area contributed by atoms with Gasteiger partial charge in [0.1, 0.15) is 5.82 Å². The van der Waals surface area contributed by atoms with Gasteiger partial charge in [0.05, 0.1) is 0 Å². The maximum atomic E-state index is 12.8. The third-order valence-corrected chi connectivity index (χ3v) is 5.23. The van der Waals surface area contributed by atoms with Gasteiger partial charge >= 0.3 is 0 Å². The molecule has 0 saturated carbocycles. The van der Waals surface area contributed by atoms with Crippen molar-refractivity contribution in [1.29, 1.82) is 0 Å². The van der Waals surface area contributed by atoms with Crippen molar-refractivity contribution < 1.29 is 4.79 Å². The van der Waals surface area contributed by atoms with E-state index in [4.69, 9.17) is 4.98 Å². The molecule has 3 heterocycles. The Bertz CT molecular complexity index is 1350. The number of aromatic nitrogens is 4. The first kappa shape index (κ1) is 19.6. The summed E-state index contributed by atoms with van der Waals surface area (Å²) in [7, 11) is 0. The van der Waals surface area contributed by atoms with Gasteiger partial charge in [0.25, 0.3) is 0 Å². The number of rotatable bonds is 6. The minimum absolute atomic E-state index is 0.0706. The number of fused-ring (bicyclic) bond motifs is 1. The van der Waals surface area contributed by atoms with E-state index in [1.54, 1.807) is 16.9 Å². The number of benzene rings is 2. The van der Waals surface area contributed by atoms with E-state index in [-0.39, 0.29) is 5.91 Å². The molecule has 0 unspecified atom stereocenters. The molecule has 0 atom stereocenters. The van der Waals surface area contributed by atoms with Crippen LogP contribution in [-0.2, 0) is 11.2 Å². The number of hydrogen-bond acceptors (Lipinski definition) is 4. The van der Waals surface area contributed by atoms with Crippen LogP contribution in [0.2, 0.25) is 0 Å². The van der Waals surface area contributed by atoms with Crippen LogP contribution in [0.1, 0.15) is 12.0 Å². The van der Waals surface area contributed by atoms with Crippen molar-refractivity contribution in [2.24, 2.45) is 0 Å². The zero-order valence-corrected chi connectivity index (χ0v) is 17.3. The summed E-state index contributed by atoms with van der Waals surface area (Å²) in [6.45, 7) is 0. The molecule has 1 amide bonds. The minimum atomic E-state index is -0.0706. The molecule has 0 spiro atoms. The van der Waals surface area contributed by atoms with Gasteiger partial charge < -0.3 is 5.32 Å². The van der Waals surface area contributed by atoms with Crippen LogP contribution in [0.15, 0.2) is 97.3 Å². The van der Waals surface area contributed by atoms with Gasteiger partial charge in [-0.3, -0.25) is 9.78 Å². The molecular weight excluding hydrogens is 398 g/mol. The second-order valence-electron chi connectivity index (χ2n) is 7.47. The lowest BCUT2D eigenvalue weighted by atomic mass is 10.1. The normalized spacial score (nSPS) is 10.9. The minimum Gasteiger partial charge on any atom is -0.311 e. The molecule has 2 aromatic carbocycles. The fraction of sp³-hybridized carbons (Fsp3) is 0.0769. The third kappa shape index (κ3) is 4.25. The first-order chi connectivity index (χ1) is 15.8. The van der Waals surface area contributed by atoms with Gasteiger partial charge in [0.2, 0.25) is 5.91 Å².